The molecule has 0 saturated heterocycles. The molecule has 4 rings (SSSR count). The van der Waals surface area contributed by atoms with E-state index < -0.39 is 0 Å². The average Bonchev–Trinajstić information content (AvgIpc) is 3.08. The van der Waals surface area contributed by atoms with E-state index in [2.05, 4.69) is 23.3 Å². The van der Waals surface area contributed by atoms with Gasteiger partial charge in [-0.15, -0.1) is 11.3 Å². The zero-order chi connectivity index (χ0) is 18.1. The van der Waals surface area contributed by atoms with Crippen LogP contribution >= 0.6 is 34.5 Å². The molecule has 0 aliphatic rings. The first kappa shape index (κ1) is 17.2. The third-order valence-corrected chi connectivity index (χ3v) is 5.62. The van der Waals surface area contributed by atoms with Gasteiger partial charge >= 0.3 is 0 Å². The number of halogens is 2. The number of rotatable bonds is 4. The zero-order valence-electron chi connectivity index (χ0n) is 13.8. The maximum Gasteiger partial charge on any atom is 0.164 e. The molecule has 7 heteroatoms. The molecule has 0 radical (unpaired) electrons. The fourth-order valence-corrected chi connectivity index (χ4v) is 4.01. The molecule has 130 valence electrons. The van der Waals surface area contributed by atoms with Crippen molar-refractivity contribution in [3.05, 3.63) is 63.7 Å². The minimum atomic E-state index is 0.540. The van der Waals surface area contributed by atoms with Gasteiger partial charge in [0.1, 0.15) is 10.6 Å². The van der Waals surface area contributed by atoms with Gasteiger partial charge in [-0.05, 0) is 42.8 Å². The molecule has 0 bridgehead atoms. The van der Waals surface area contributed by atoms with Crippen LogP contribution in [0.4, 0.5) is 11.5 Å². The smallest absolute Gasteiger partial charge is 0.164 e. The Labute approximate surface area is 164 Å². The molecule has 0 spiro atoms. The molecule has 0 atom stereocenters. The van der Waals surface area contributed by atoms with Crippen molar-refractivity contribution >= 4 is 56.3 Å². The highest BCUT2D eigenvalue weighted by Gasteiger charge is 2.14. The van der Waals surface area contributed by atoms with E-state index in [0.717, 1.165) is 27.9 Å². The molecule has 26 heavy (non-hydrogen) atoms. The molecular formula is C19H14Cl2N4S. The summed E-state index contributed by atoms with van der Waals surface area (Å²) >= 11 is 14.0. The number of aryl methyl sites for hydroxylation is 1. The highest BCUT2D eigenvalue weighted by atomic mass is 35.5. The third-order valence-electron chi connectivity index (χ3n) is 3.90. The van der Waals surface area contributed by atoms with E-state index in [4.69, 9.17) is 33.2 Å². The largest absolute Gasteiger partial charge is 0.338 e. The van der Waals surface area contributed by atoms with E-state index in [-0.39, 0.29) is 0 Å². The lowest BCUT2D eigenvalue weighted by atomic mass is 10.2. The fraction of sp³-hybridized carbons (Fsp3) is 0.105. The van der Waals surface area contributed by atoms with Crippen LogP contribution in [0, 0.1) is 0 Å². The number of thiophene rings is 1. The molecule has 0 unspecified atom stereocenters. The first-order valence-corrected chi connectivity index (χ1v) is 9.64. The first-order valence-electron chi connectivity index (χ1n) is 8.07. The summed E-state index contributed by atoms with van der Waals surface area (Å²) in [6.07, 6.45) is 4.44. The molecule has 4 aromatic rings. The number of hydrogen-bond donors (Lipinski definition) is 1. The fourth-order valence-electron chi connectivity index (χ4n) is 2.58. The second-order valence-corrected chi connectivity index (χ2v) is 7.63. The summed E-state index contributed by atoms with van der Waals surface area (Å²) in [7, 11) is 0. The van der Waals surface area contributed by atoms with Gasteiger partial charge in [-0.1, -0.05) is 30.1 Å². The number of benzene rings is 1. The van der Waals surface area contributed by atoms with Crippen LogP contribution in [-0.4, -0.2) is 15.0 Å². The number of nitrogens with zero attached hydrogens (tertiary/aromatic N) is 3. The molecule has 0 fully saturated rings. The van der Waals surface area contributed by atoms with Crippen LogP contribution in [0.5, 0.6) is 0 Å². The van der Waals surface area contributed by atoms with Crippen LogP contribution in [0.1, 0.15) is 11.8 Å². The number of fused-ring (bicyclic) bond motifs is 1. The van der Waals surface area contributed by atoms with Crippen LogP contribution in [0.3, 0.4) is 0 Å². The van der Waals surface area contributed by atoms with Gasteiger partial charge < -0.3 is 5.32 Å². The number of hydrogen-bond acceptors (Lipinski definition) is 5. The Bertz CT molecular complexity index is 1080. The number of pyridine rings is 1. The van der Waals surface area contributed by atoms with Crippen LogP contribution < -0.4 is 5.32 Å². The van der Waals surface area contributed by atoms with E-state index in [1.807, 2.05) is 18.2 Å². The van der Waals surface area contributed by atoms with Gasteiger partial charge in [-0.25, -0.2) is 9.97 Å². The molecule has 4 nitrogen and oxygen atoms in total. The van der Waals surface area contributed by atoms with Crippen molar-refractivity contribution in [2.24, 2.45) is 0 Å². The molecule has 0 aliphatic heterocycles. The predicted molar refractivity (Wildman–Crippen MR) is 110 cm³/mol. The van der Waals surface area contributed by atoms with Crippen molar-refractivity contribution in [2.75, 3.05) is 5.32 Å². The monoisotopic (exact) mass is 400 g/mol. The van der Waals surface area contributed by atoms with Gasteiger partial charge in [0.15, 0.2) is 5.82 Å². The van der Waals surface area contributed by atoms with Gasteiger partial charge in [-0.3, -0.25) is 4.98 Å². The quantitative estimate of drug-likeness (QED) is 0.432. The summed E-state index contributed by atoms with van der Waals surface area (Å²) in [6, 6.07) is 11.3. The lowest BCUT2D eigenvalue weighted by Crippen LogP contribution is -1.98. The lowest BCUT2D eigenvalue weighted by Gasteiger charge is -2.10. The van der Waals surface area contributed by atoms with E-state index in [1.165, 1.54) is 4.88 Å². The number of nitrogens with one attached hydrogen (secondary N) is 1. The van der Waals surface area contributed by atoms with Gasteiger partial charge in [0.25, 0.3) is 0 Å². The maximum absolute atomic E-state index is 6.32. The van der Waals surface area contributed by atoms with Crippen LogP contribution in [0.2, 0.25) is 10.0 Å². The molecule has 1 N–H and O–H groups in total. The zero-order valence-corrected chi connectivity index (χ0v) is 16.2. The van der Waals surface area contributed by atoms with Crippen molar-refractivity contribution in [2.45, 2.75) is 13.3 Å². The molecule has 1 aromatic carbocycles. The van der Waals surface area contributed by atoms with Gasteiger partial charge in [0.2, 0.25) is 0 Å². The van der Waals surface area contributed by atoms with Gasteiger partial charge in [0, 0.05) is 27.9 Å². The minimum Gasteiger partial charge on any atom is -0.338 e. The van der Waals surface area contributed by atoms with E-state index >= 15 is 0 Å². The van der Waals surface area contributed by atoms with E-state index in [1.54, 1.807) is 35.9 Å². The highest BCUT2D eigenvalue weighted by molar-refractivity contribution is 7.18. The molecule has 0 saturated carbocycles. The molecule has 3 heterocycles. The Morgan fingerprint density at radius 2 is 2.00 bits per heavy atom. The maximum atomic E-state index is 6.32. The third kappa shape index (κ3) is 3.38. The molecule has 0 amide bonds. The Hall–Kier alpha value is -2.21. The van der Waals surface area contributed by atoms with Crippen LogP contribution in [0.25, 0.3) is 21.6 Å². The van der Waals surface area contributed by atoms with Crippen LogP contribution in [0.15, 0.2) is 48.8 Å². The number of anilines is 2. The van der Waals surface area contributed by atoms with Crippen molar-refractivity contribution in [3.8, 4) is 11.4 Å². The van der Waals surface area contributed by atoms with Crippen molar-refractivity contribution in [1.82, 2.24) is 15.0 Å². The van der Waals surface area contributed by atoms with Crippen molar-refractivity contribution in [1.29, 1.82) is 0 Å². The summed E-state index contributed by atoms with van der Waals surface area (Å²) in [4.78, 5) is 15.8. The molecule has 0 aliphatic carbocycles. The topological polar surface area (TPSA) is 50.7 Å². The molecule has 3 aromatic heterocycles. The van der Waals surface area contributed by atoms with Crippen LogP contribution in [-0.2, 0) is 6.42 Å². The second kappa shape index (κ2) is 7.19. The Balaban J connectivity index is 1.87. The molecular weight excluding hydrogens is 387 g/mol. The summed E-state index contributed by atoms with van der Waals surface area (Å²) in [5.41, 5.74) is 1.61. The lowest BCUT2D eigenvalue weighted by molar-refractivity contribution is 1.19. The van der Waals surface area contributed by atoms with E-state index in [9.17, 15) is 0 Å². The Morgan fingerprint density at radius 1 is 1.12 bits per heavy atom. The summed E-state index contributed by atoms with van der Waals surface area (Å²) in [5, 5.41) is 5.44. The number of aromatic nitrogens is 3. The van der Waals surface area contributed by atoms with Gasteiger partial charge in [0.05, 0.1) is 16.1 Å². The van der Waals surface area contributed by atoms with Crippen molar-refractivity contribution < 1.29 is 0 Å². The minimum absolute atomic E-state index is 0.540. The first-order chi connectivity index (χ1) is 12.6. The average molecular weight is 401 g/mol. The normalized spacial score (nSPS) is 11.0. The van der Waals surface area contributed by atoms with E-state index in [0.29, 0.717) is 21.7 Å². The Morgan fingerprint density at radius 3 is 2.73 bits per heavy atom. The van der Waals surface area contributed by atoms with Gasteiger partial charge in [-0.2, -0.15) is 0 Å². The summed E-state index contributed by atoms with van der Waals surface area (Å²) < 4.78 is 0. The SMILES string of the molecule is CCc1cc2c(Nc3ccc(Cl)cc3Cl)nc(-c3cccnc3)nc2s1. The summed E-state index contributed by atoms with van der Waals surface area (Å²) in [6.45, 7) is 2.13. The van der Waals surface area contributed by atoms with Crippen molar-refractivity contribution in [3.63, 3.8) is 0 Å². The highest BCUT2D eigenvalue weighted by Crippen LogP contribution is 2.35. The Kier molecular flexibility index (Phi) is 4.76. The standard InChI is InChI=1S/C19H14Cl2N4S/c1-2-13-9-14-18(23-16-6-5-12(20)8-15(16)21)24-17(25-19(14)26-13)11-4-3-7-22-10-11/h3-10H,2H2,1H3,(H,23,24,25). The summed E-state index contributed by atoms with van der Waals surface area (Å²) in [5.74, 6) is 1.34. The second-order valence-electron chi connectivity index (χ2n) is 5.67. The predicted octanol–water partition coefficient (Wildman–Crippen LogP) is 6.37.